The largest absolute Gasteiger partial charge is 0.395 e. The minimum Gasteiger partial charge on any atom is -0.395 e. The second-order valence-electron chi connectivity index (χ2n) is 4.73. The molecule has 1 rings (SSSR count). The van der Waals surface area contributed by atoms with Crippen LogP contribution in [0.5, 0.6) is 0 Å². The molecule has 0 unspecified atom stereocenters. The van der Waals surface area contributed by atoms with Gasteiger partial charge in [0.15, 0.2) is 0 Å². The molecule has 114 valence electrons. The van der Waals surface area contributed by atoms with E-state index in [1.54, 1.807) is 7.05 Å². The van der Waals surface area contributed by atoms with Crippen molar-refractivity contribution in [1.29, 1.82) is 0 Å². The first-order valence-corrected chi connectivity index (χ1v) is 8.28. The average Bonchev–Trinajstić information content (AvgIpc) is 2.45. The first-order chi connectivity index (χ1) is 9.52. The van der Waals surface area contributed by atoms with Crippen LogP contribution in [0.15, 0.2) is 30.3 Å². The number of benzene rings is 1. The lowest BCUT2D eigenvalue weighted by atomic mass is 10.2. The van der Waals surface area contributed by atoms with Crippen LogP contribution in [0.2, 0.25) is 0 Å². The Labute approximate surface area is 122 Å². The van der Waals surface area contributed by atoms with Gasteiger partial charge in [-0.15, -0.1) is 0 Å². The van der Waals surface area contributed by atoms with Crippen molar-refractivity contribution >= 4 is 10.2 Å². The minimum atomic E-state index is -3.53. The quantitative estimate of drug-likeness (QED) is 0.751. The summed E-state index contributed by atoms with van der Waals surface area (Å²) in [7, 11) is -1.94. The van der Waals surface area contributed by atoms with E-state index in [9.17, 15) is 8.42 Å². The zero-order valence-corrected chi connectivity index (χ0v) is 13.0. The Bertz CT molecular complexity index is 476. The predicted octanol–water partition coefficient (Wildman–Crippen LogP) is 1.46. The van der Waals surface area contributed by atoms with Gasteiger partial charge in [0.25, 0.3) is 10.2 Å². The summed E-state index contributed by atoms with van der Waals surface area (Å²) >= 11 is 0. The molecule has 0 atom stereocenters. The van der Waals surface area contributed by atoms with Crippen LogP contribution in [-0.4, -0.2) is 48.9 Å². The Balaban J connectivity index is 2.83. The highest BCUT2D eigenvalue weighted by molar-refractivity contribution is 7.86. The molecule has 5 nitrogen and oxygen atoms in total. The van der Waals surface area contributed by atoms with Gasteiger partial charge in [0, 0.05) is 26.7 Å². The van der Waals surface area contributed by atoms with E-state index >= 15 is 0 Å². The third kappa shape index (κ3) is 4.86. The summed E-state index contributed by atoms with van der Waals surface area (Å²) < 4.78 is 27.6. The smallest absolute Gasteiger partial charge is 0.282 e. The van der Waals surface area contributed by atoms with Crippen LogP contribution >= 0.6 is 0 Å². The summed E-state index contributed by atoms with van der Waals surface area (Å²) in [6.07, 6.45) is 1.77. The number of unbranched alkanes of at least 4 members (excludes halogenated alkanes) is 1. The van der Waals surface area contributed by atoms with Gasteiger partial charge in [-0.25, -0.2) is 0 Å². The van der Waals surface area contributed by atoms with E-state index in [1.165, 1.54) is 8.61 Å². The fourth-order valence-corrected chi connectivity index (χ4v) is 3.25. The maximum atomic E-state index is 12.5. The van der Waals surface area contributed by atoms with E-state index in [2.05, 4.69) is 0 Å². The normalized spacial score (nSPS) is 12.2. The van der Waals surface area contributed by atoms with Gasteiger partial charge >= 0.3 is 0 Å². The molecule has 0 spiro atoms. The fraction of sp³-hybridized carbons (Fsp3) is 0.571. The van der Waals surface area contributed by atoms with Gasteiger partial charge in [-0.1, -0.05) is 43.7 Å². The van der Waals surface area contributed by atoms with Crippen molar-refractivity contribution in [3.05, 3.63) is 35.9 Å². The summed E-state index contributed by atoms with van der Waals surface area (Å²) in [5.41, 5.74) is 0.911. The summed E-state index contributed by atoms with van der Waals surface area (Å²) in [5.74, 6) is 0. The monoisotopic (exact) mass is 300 g/mol. The third-order valence-corrected chi connectivity index (χ3v) is 5.03. The molecule has 0 saturated heterocycles. The molecule has 0 aliphatic rings. The number of aliphatic hydroxyl groups is 1. The van der Waals surface area contributed by atoms with E-state index < -0.39 is 10.2 Å². The Morgan fingerprint density at radius 2 is 1.80 bits per heavy atom. The van der Waals surface area contributed by atoms with E-state index in [-0.39, 0.29) is 19.7 Å². The first-order valence-electron chi connectivity index (χ1n) is 6.88. The minimum absolute atomic E-state index is 0.105. The maximum absolute atomic E-state index is 12.5. The fourth-order valence-electron chi connectivity index (χ4n) is 1.87. The Morgan fingerprint density at radius 1 is 1.15 bits per heavy atom. The molecule has 1 aromatic carbocycles. The molecule has 6 heteroatoms. The molecule has 1 N–H and O–H groups in total. The van der Waals surface area contributed by atoms with Gasteiger partial charge in [0.2, 0.25) is 0 Å². The van der Waals surface area contributed by atoms with Crippen LogP contribution in [-0.2, 0) is 16.8 Å². The number of aliphatic hydroxyl groups excluding tert-OH is 1. The van der Waals surface area contributed by atoms with Crippen LogP contribution in [0, 0.1) is 0 Å². The molecule has 0 heterocycles. The van der Waals surface area contributed by atoms with E-state index in [1.807, 2.05) is 37.3 Å². The predicted molar refractivity (Wildman–Crippen MR) is 80.4 cm³/mol. The van der Waals surface area contributed by atoms with Gasteiger partial charge in [-0.2, -0.15) is 17.0 Å². The molecule has 0 amide bonds. The van der Waals surface area contributed by atoms with Crippen molar-refractivity contribution in [1.82, 2.24) is 8.61 Å². The number of nitrogens with zero attached hydrogens (tertiary/aromatic N) is 2. The van der Waals surface area contributed by atoms with E-state index in [0.717, 1.165) is 18.4 Å². The summed E-state index contributed by atoms with van der Waals surface area (Å²) in [6, 6.07) is 9.40. The molecule has 0 saturated carbocycles. The number of rotatable bonds is 9. The molecule has 0 fully saturated rings. The zero-order valence-electron chi connectivity index (χ0n) is 12.2. The van der Waals surface area contributed by atoms with Crippen molar-refractivity contribution in [2.75, 3.05) is 26.7 Å². The van der Waals surface area contributed by atoms with Gasteiger partial charge in [-0.3, -0.25) is 0 Å². The molecule has 0 aromatic heterocycles. The number of hydrogen-bond donors (Lipinski definition) is 1. The lowest BCUT2D eigenvalue weighted by molar-refractivity contribution is 0.243. The average molecular weight is 300 g/mol. The van der Waals surface area contributed by atoms with Crippen LogP contribution in [0.25, 0.3) is 0 Å². The van der Waals surface area contributed by atoms with Crippen LogP contribution in [0.1, 0.15) is 25.3 Å². The Kier molecular flexibility index (Phi) is 7.15. The highest BCUT2D eigenvalue weighted by Crippen LogP contribution is 2.12. The summed E-state index contributed by atoms with van der Waals surface area (Å²) in [6.45, 7) is 2.72. The standard InChI is InChI=1S/C14H24N2O3S/c1-3-4-10-15(2)20(18,19)16(11-12-17)13-14-8-6-5-7-9-14/h5-9,17H,3-4,10-13H2,1-2H3. The van der Waals surface area contributed by atoms with Gasteiger partial charge in [0.1, 0.15) is 0 Å². The Morgan fingerprint density at radius 3 is 2.35 bits per heavy atom. The van der Waals surface area contributed by atoms with Crippen molar-refractivity contribution < 1.29 is 13.5 Å². The summed E-state index contributed by atoms with van der Waals surface area (Å²) in [5, 5.41) is 9.11. The second kappa shape index (κ2) is 8.36. The second-order valence-corrected chi connectivity index (χ2v) is 6.76. The highest BCUT2D eigenvalue weighted by Gasteiger charge is 2.26. The topological polar surface area (TPSA) is 60.9 Å². The van der Waals surface area contributed by atoms with Crippen molar-refractivity contribution in [2.45, 2.75) is 26.3 Å². The molecular formula is C14H24N2O3S. The molecule has 0 radical (unpaired) electrons. The van der Waals surface area contributed by atoms with Crippen LogP contribution in [0.4, 0.5) is 0 Å². The Hall–Kier alpha value is -0.950. The summed E-state index contributed by atoms with van der Waals surface area (Å²) in [4.78, 5) is 0. The van der Waals surface area contributed by atoms with Crippen molar-refractivity contribution in [2.24, 2.45) is 0 Å². The highest BCUT2D eigenvalue weighted by atomic mass is 32.2. The molecule has 1 aromatic rings. The first kappa shape index (κ1) is 17.1. The molecule has 0 bridgehead atoms. The molecule has 0 aliphatic heterocycles. The van der Waals surface area contributed by atoms with Crippen LogP contribution < -0.4 is 0 Å². The lowest BCUT2D eigenvalue weighted by Crippen LogP contribution is -2.43. The molecule has 20 heavy (non-hydrogen) atoms. The number of hydrogen-bond acceptors (Lipinski definition) is 3. The lowest BCUT2D eigenvalue weighted by Gasteiger charge is -2.27. The van der Waals surface area contributed by atoms with Gasteiger partial charge in [-0.05, 0) is 12.0 Å². The van der Waals surface area contributed by atoms with Crippen LogP contribution in [0.3, 0.4) is 0 Å². The van der Waals surface area contributed by atoms with Crippen molar-refractivity contribution in [3.8, 4) is 0 Å². The van der Waals surface area contributed by atoms with Gasteiger partial charge in [0.05, 0.1) is 6.61 Å². The zero-order chi connectivity index (χ0) is 15.0. The molecule has 0 aliphatic carbocycles. The SMILES string of the molecule is CCCCN(C)S(=O)(=O)N(CCO)Cc1ccccc1. The van der Waals surface area contributed by atoms with Gasteiger partial charge < -0.3 is 5.11 Å². The van der Waals surface area contributed by atoms with E-state index in [0.29, 0.717) is 6.54 Å². The third-order valence-electron chi connectivity index (χ3n) is 3.10. The maximum Gasteiger partial charge on any atom is 0.282 e. The van der Waals surface area contributed by atoms with E-state index in [4.69, 9.17) is 5.11 Å². The molecular weight excluding hydrogens is 276 g/mol. The van der Waals surface area contributed by atoms with Crippen molar-refractivity contribution in [3.63, 3.8) is 0 Å².